The van der Waals surface area contributed by atoms with Crippen LogP contribution in [0.1, 0.15) is 22.8 Å². The van der Waals surface area contributed by atoms with Crippen molar-refractivity contribution in [2.45, 2.75) is 13.5 Å². The Morgan fingerprint density at radius 1 is 1.09 bits per heavy atom. The van der Waals surface area contributed by atoms with Gasteiger partial charge in [0.15, 0.2) is 23.0 Å². The predicted molar refractivity (Wildman–Crippen MR) is 82.4 cm³/mol. The van der Waals surface area contributed by atoms with E-state index in [1.165, 1.54) is 12.4 Å². The lowest BCUT2D eigenvalue weighted by Gasteiger charge is -2.13. The number of carbonyl (C=O) groups excluding carboxylic acids is 1. The zero-order valence-electron chi connectivity index (χ0n) is 13.0. The van der Waals surface area contributed by atoms with Gasteiger partial charge in [0.05, 0.1) is 19.8 Å². The van der Waals surface area contributed by atoms with E-state index in [9.17, 15) is 4.79 Å². The molecule has 0 spiro atoms. The average Bonchev–Trinajstić information content (AvgIpc) is 2.54. The van der Waals surface area contributed by atoms with Crippen molar-refractivity contribution in [2.75, 3.05) is 14.2 Å². The molecule has 0 aromatic heterocycles. The van der Waals surface area contributed by atoms with Crippen molar-refractivity contribution in [3.8, 4) is 11.5 Å². The van der Waals surface area contributed by atoms with Crippen LogP contribution in [0, 0.1) is 0 Å². The zero-order chi connectivity index (χ0) is 15.9. The average molecular weight is 302 g/mol. The molecule has 22 heavy (non-hydrogen) atoms. The highest BCUT2D eigenvalue weighted by molar-refractivity contribution is 5.98. The van der Waals surface area contributed by atoms with E-state index in [-0.39, 0.29) is 5.78 Å². The second kappa shape index (κ2) is 7.59. The summed E-state index contributed by atoms with van der Waals surface area (Å²) in [7, 11) is 3.09. The summed E-state index contributed by atoms with van der Waals surface area (Å²) in [5, 5.41) is 0. The highest BCUT2D eigenvalue weighted by Crippen LogP contribution is 2.32. The SMILES string of the molecule is CO[NH2+]c1cc(OCc2ccccc2)c(OC)cc1C(C)=O. The molecule has 0 saturated heterocycles. The largest absolute Gasteiger partial charge is 0.493 e. The van der Waals surface area contributed by atoms with Gasteiger partial charge < -0.3 is 9.47 Å². The first kappa shape index (κ1) is 16.0. The maximum Gasteiger partial charge on any atom is 0.176 e. The molecule has 2 aromatic carbocycles. The molecule has 0 heterocycles. The quantitative estimate of drug-likeness (QED) is 0.484. The lowest BCUT2D eigenvalue weighted by Crippen LogP contribution is -2.76. The van der Waals surface area contributed by atoms with Gasteiger partial charge in [-0.25, -0.2) is 4.84 Å². The zero-order valence-corrected chi connectivity index (χ0v) is 13.0. The normalized spacial score (nSPS) is 10.3. The Morgan fingerprint density at radius 2 is 1.82 bits per heavy atom. The summed E-state index contributed by atoms with van der Waals surface area (Å²) in [6, 6.07) is 13.3. The van der Waals surface area contributed by atoms with E-state index in [1.807, 2.05) is 30.3 Å². The Labute approximate surface area is 129 Å². The molecule has 5 heteroatoms. The molecule has 5 nitrogen and oxygen atoms in total. The van der Waals surface area contributed by atoms with Crippen LogP contribution in [0.3, 0.4) is 0 Å². The Hall–Kier alpha value is -2.37. The molecule has 0 atom stereocenters. The van der Waals surface area contributed by atoms with Crippen LogP contribution in [0.15, 0.2) is 42.5 Å². The van der Waals surface area contributed by atoms with Crippen molar-refractivity contribution < 1.29 is 24.6 Å². The Balaban J connectivity index is 2.29. The van der Waals surface area contributed by atoms with Gasteiger partial charge >= 0.3 is 0 Å². The molecule has 2 rings (SSSR count). The number of nitrogens with two attached hydrogens (primary N) is 1. The van der Waals surface area contributed by atoms with Crippen molar-refractivity contribution in [2.24, 2.45) is 0 Å². The third-order valence-corrected chi connectivity index (χ3v) is 3.20. The van der Waals surface area contributed by atoms with Gasteiger partial charge in [0.1, 0.15) is 6.61 Å². The molecule has 0 unspecified atom stereocenters. The Bertz CT molecular complexity index is 641. The number of ketones is 1. The molecule has 0 aliphatic rings. The second-order valence-corrected chi connectivity index (χ2v) is 4.77. The van der Waals surface area contributed by atoms with Crippen LogP contribution in [0.2, 0.25) is 0 Å². The number of Topliss-reactive ketones (excluding diaryl/α,β-unsaturated/α-hetero) is 1. The first-order chi connectivity index (χ1) is 10.7. The standard InChI is InChI=1S/C17H19NO4/c1-12(19)14-9-16(20-2)17(10-15(14)18-21-3)22-11-13-7-5-4-6-8-13/h4-10,18H,11H2,1-3H3/p+1. The smallest absolute Gasteiger partial charge is 0.176 e. The van der Waals surface area contributed by atoms with Gasteiger partial charge in [0, 0.05) is 12.1 Å². The van der Waals surface area contributed by atoms with Gasteiger partial charge in [-0.2, -0.15) is 5.48 Å². The summed E-state index contributed by atoms with van der Waals surface area (Å²) < 4.78 is 11.1. The van der Waals surface area contributed by atoms with E-state index >= 15 is 0 Å². The molecule has 0 radical (unpaired) electrons. The molecular weight excluding hydrogens is 282 g/mol. The van der Waals surface area contributed by atoms with Crippen molar-refractivity contribution in [1.29, 1.82) is 0 Å². The molecule has 0 amide bonds. The summed E-state index contributed by atoms with van der Waals surface area (Å²) in [6.07, 6.45) is 0. The number of hydrogen-bond acceptors (Lipinski definition) is 4. The molecule has 0 bridgehead atoms. The summed E-state index contributed by atoms with van der Waals surface area (Å²) in [5.41, 5.74) is 3.77. The van der Waals surface area contributed by atoms with E-state index in [0.29, 0.717) is 29.4 Å². The topological polar surface area (TPSA) is 61.4 Å². The maximum atomic E-state index is 11.7. The van der Waals surface area contributed by atoms with Gasteiger partial charge in [0.25, 0.3) is 0 Å². The summed E-state index contributed by atoms with van der Waals surface area (Å²) in [4.78, 5) is 16.8. The van der Waals surface area contributed by atoms with E-state index in [2.05, 4.69) is 0 Å². The summed E-state index contributed by atoms with van der Waals surface area (Å²) in [5.74, 6) is 1.03. The van der Waals surface area contributed by atoms with Crippen LogP contribution in [-0.2, 0) is 11.4 Å². The lowest BCUT2D eigenvalue weighted by atomic mass is 10.1. The van der Waals surface area contributed by atoms with Gasteiger partial charge in [-0.05, 0) is 12.5 Å². The number of ether oxygens (including phenoxy) is 2. The van der Waals surface area contributed by atoms with Gasteiger partial charge in [-0.3, -0.25) is 4.79 Å². The molecule has 116 valence electrons. The second-order valence-electron chi connectivity index (χ2n) is 4.77. The maximum absolute atomic E-state index is 11.7. The van der Waals surface area contributed by atoms with Gasteiger partial charge in [-0.1, -0.05) is 30.3 Å². The van der Waals surface area contributed by atoms with Crippen molar-refractivity contribution in [3.05, 3.63) is 53.6 Å². The minimum atomic E-state index is -0.0591. The first-order valence-electron chi connectivity index (χ1n) is 6.91. The predicted octanol–water partition coefficient (Wildman–Crippen LogP) is 2.23. The molecular formula is C17H20NO4+. The monoisotopic (exact) mass is 302 g/mol. The molecule has 0 aliphatic carbocycles. The van der Waals surface area contributed by atoms with Gasteiger partial charge in [-0.15, -0.1) is 0 Å². The number of quaternary nitrogens is 1. The van der Waals surface area contributed by atoms with Crippen LogP contribution >= 0.6 is 0 Å². The lowest BCUT2D eigenvalue weighted by molar-refractivity contribution is -0.830. The van der Waals surface area contributed by atoms with Crippen molar-refractivity contribution in [1.82, 2.24) is 0 Å². The fraction of sp³-hybridized carbons (Fsp3) is 0.235. The highest BCUT2D eigenvalue weighted by atomic mass is 16.6. The van der Waals surface area contributed by atoms with Crippen LogP contribution in [-0.4, -0.2) is 20.0 Å². The molecule has 0 aliphatic heterocycles. The molecule has 0 saturated carbocycles. The number of carbonyl (C=O) groups is 1. The third-order valence-electron chi connectivity index (χ3n) is 3.20. The first-order valence-corrected chi connectivity index (χ1v) is 6.91. The third kappa shape index (κ3) is 3.84. The molecule has 2 N–H and O–H groups in total. The van der Waals surface area contributed by atoms with Crippen LogP contribution < -0.4 is 15.0 Å². The van der Waals surface area contributed by atoms with Crippen molar-refractivity contribution in [3.63, 3.8) is 0 Å². The Kier molecular flexibility index (Phi) is 5.52. The minimum Gasteiger partial charge on any atom is -0.493 e. The summed E-state index contributed by atoms with van der Waals surface area (Å²) >= 11 is 0. The van der Waals surface area contributed by atoms with E-state index in [4.69, 9.17) is 14.3 Å². The summed E-state index contributed by atoms with van der Waals surface area (Å²) in [6.45, 7) is 1.93. The van der Waals surface area contributed by atoms with E-state index in [1.54, 1.807) is 26.4 Å². The van der Waals surface area contributed by atoms with Crippen LogP contribution in [0.4, 0.5) is 5.69 Å². The highest BCUT2D eigenvalue weighted by Gasteiger charge is 2.18. The fourth-order valence-electron chi connectivity index (χ4n) is 2.11. The number of hydrogen-bond donors (Lipinski definition) is 1. The van der Waals surface area contributed by atoms with Crippen LogP contribution in [0.5, 0.6) is 11.5 Å². The fourth-order valence-corrected chi connectivity index (χ4v) is 2.11. The Morgan fingerprint density at radius 3 is 2.41 bits per heavy atom. The van der Waals surface area contributed by atoms with E-state index in [0.717, 1.165) is 5.56 Å². The molecule has 2 aromatic rings. The number of methoxy groups -OCH3 is 1. The minimum absolute atomic E-state index is 0.0591. The number of rotatable bonds is 7. The van der Waals surface area contributed by atoms with Crippen LogP contribution in [0.25, 0.3) is 0 Å². The number of benzene rings is 2. The van der Waals surface area contributed by atoms with E-state index < -0.39 is 0 Å². The molecule has 0 fully saturated rings. The van der Waals surface area contributed by atoms with Crippen molar-refractivity contribution >= 4 is 11.5 Å². The van der Waals surface area contributed by atoms with Gasteiger partial charge in [0.2, 0.25) is 0 Å².